The van der Waals surface area contributed by atoms with Gasteiger partial charge in [0.15, 0.2) is 0 Å². The zero-order valence-electron chi connectivity index (χ0n) is 8.47. The molecule has 3 amide bonds. The van der Waals surface area contributed by atoms with Crippen LogP contribution >= 0.6 is 11.3 Å². The van der Waals surface area contributed by atoms with Crippen molar-refractivity contribution in [2.75, 3.05) is 0 Å². The molecule has 0 aliphatic carbocycles. The Kier molecular flexibility index (Phi) is 3.00. The van der Waals surface area contributed by atoms with Gasteiger partial charge >= 0.3 is 12.0 Å². The molecular weight excluding hydrogens is 248 g/mol. The average Bonchev–Trinajstić information content (AvgIpc) is 2.74. The van der Waals surface area contributed by atoms with Crippen molar-refractivity contribution in [3.8, 4) is 0 Å². The van der Waals surface area contributed by atoms with Crippen LogP contribution in [0, 0.1) is 0 Å². The van der Waals surface area contributed by atoms with E-state index >= 15 is 0 Å². The Balaban J connectivity index is 1.99. The third-order valence-corrected chi connectivity index (χ3v) is 2.99. The maximum atomic E-state index is 11.2. The molecule has 3 N–H and O–H groups in total. The number of imide groups is 1. The summed E-state index contributed by atoms with van der Waals surface area (Å²) < 4.78 is 0. The number of aromatic nitrogens is 2. The molecule has 2 heterocycles. The number of nitrogens with zero attached hydrogens (tertiary/aromatic N) is 2. The van der Waals surface area contributed by atoms with Gasteiger partial charge in [0, 0.05) is 6.42 Å². The van der Waals surface area contributed by atoms with Crippen LogP contribution in [-0.4, -0.2) is 39.3 Å². The SMILES string of the molecule is O=C(O)Cc1nnc(C[C@@H]2NC(=O)NC2=O)s1. The van der Waals surface area contributed by atoms with Crippen molar-refractivity contribution in [2.24, 2.45) is 0 Å². The van der Waals surface area contributed by atoms with E-state index in [1.807, 2.05) is 0 Å². The lowest BCUT2D eigenvalue weighted by atomic mass is 10.2. The highest BCUT2D eigenvalue weighted by Crippen LogP contribution is 2.13. The molecule has 0 saturated carbocycles. The Hall–Kier alpha value is -2.03. The minimum atomic E-state index is -0.986. The Morgan fingerprint density at radius 3 is 2.65 bits per heavy atom. The number of rotatable bonds is 4. The molecule has 1 aromatic heterocycles. The van der Waals surface area contributed by atoms with Gasteiger partial charge in [0.1, 0.15) is 16.1 Å². The van der Waals surface area contributed by atoms with E-state index in [0.717, 1.165) is 11.3 Å². The molecule has 8 nitrogen and oxygen atoms in total. The van der Waals surface area contributed by atoms with E-state index in [0.29, 0.717) is 10.0 Å². The fourth-order valence-corrected chi connectivity index (χ4v) is 2.23. The zero-order valence-corrected chi connectivity index (χ0v) is 9.28. The van der Waals surface area contributed by atoms with Crippen LogP contribution in [0.15, 0.2) is 0 Å². The van der Waals surface area contributed by atoms with Gasteiger partial charge in [-0.15, -0.1) is 21.5 Å². The topological polar surface area (TPSA) is 121 Å². The van der Waals surface area contributed by atoms with Gasteiger partial charge in [0.05, 0.1) is 6.42 Å². The quantitative estimate of drug-likeness (QED) is 0.589. The molecule has 0 aromatic carbocycles. The molecule has 17 heavy (non-hydrogen) atoms. The highest BCUT2D eigenvalue weighted by molar-refractivity contribution is 7.11. The van der Waals surface area contributed by atoms with Crippen molar-refractivity contribution in [1.82, 2.24) is 20.8 Å². The van der Waals surface area contributed by atoms with Crippen molar-refractivity contribution < 1.29 is 19.5 Å². The number of carboxylic acid groups (broad SMARTS) is 1. The molecule has 1 saturated heterocycles. The first-order valence-corrected chi connectivity index (χ1v) is 5.50. The lowest BCUT2D eigenvalue weighted by Crippen LogP contribution is -2.31. The minimum Gasteiger partial charge on any atom is -0.481 e. The Labute approximate surface area is 99.0 Å². The molecule has 0 radical (unpaired) electrons. The number of carbonyl (C=O) groups excluding carboxylic acids is 2. The number of nitrogens with one attached hydrogen (secondary N) is 2. The summed E-state index contributed by atoms with van der Waals surface area (Å²) in [5, 5.41) is 21.4. The number of carboxylic acids is 1. The molecular formula is C8H8N4O4S. The number of aliphatic carboxylic acids is 1. The Morgan fingerprint density at radius 2 is 2.06 bits per heavy atom. The predicted octanol–water partition coefficient (Wildman–Crippen LogP) is -1.08. The highest BCUT2D eigenvalue weighted by atomic mass is 32.1. The minimum absolute atomic E-state index is 0.194. The van der Waals surface area contributed by atoms with Crippen LogP contribution in [0.3, 0.4) is 0 Å². The van der Waals surface area contributed by atoms with Crippen LogP contribution in [0.5, 0.6) is 0 Å². The predicted molar refractivity (Wildman–Crippen MR) is 55.4 cm³/mol. The van der Waals surface area contributed by atoms with Crippen LogP contribution in [0.25, 0.3) is 0 Å². The maximum Gasteiger partial charge on any atom is 0.322 e. The van der Waals surface area contributed by atoms with E-state index in [1.54, 1.807) is 0 Å². The first-order valence-electron chi connectivity index (χ1n) is 4.69. The first-order chi connectivity index (χ1) is 8.04. The molecule has 0 spiro atoms. The van der Waals surface area contributed by atoms with E-state index in [4.69, 9.17) is 5.11 Å². The molecule has 9 heteroatoms. The first kappa shape index (κ1) is 11.5. The van der Waals surface area contributed by atoms with Crippen molar-refractivity contribution in [3.63, 3.8) is 0 Å². The van der Waals surface area contributed by atoms with E-state index in [9.17, 15) is 14.4 Å². The standard InChI is InChI=1S/C8H8N4O4S/c13-6(14)2-5-12-11-4(17-5)1-3-7(15)10-8(16)9-3/h3H,1-2H2,(H,13,14)(H2,9,10,15,16)/t3-/m0/s1. The largest absolute Gasteiger partial charge is 0.481 e. The maximum absolute atomic E-state index is 11.2. The average molecular weight is 256 g/mol. The van der Waals surface area contributed by atoms with Gasteiger partial charge in [-0.3, -0.25) is 14.9 Å². The number of urea groups is 1. The normalized spacial score (nSPS) is 18.9. The lowest BCUT2D eigenvalue weighted by Gasteiger charge is -2.02. The second kappa shape index (κ2) is 4.45. The third-order valence-electron chi connectivity index (χ3n) is 2.05. The van der Waals surface area contributed by atoms with Crippen LogP contribution in [0.2, 0.25) is 0 Å². The smallest absolute Gasteiger partial charge is 0.322 e. The fourth-order valence-electron chi connectivity index (χ4n) is 1.35. The summed E-state index contributed by atoms with van der Waals surface area (Å²) in [5.41, 5.74) is 0. The van der Waals surface area contributed by atoms with Crippen molar-refractivity contribution in [3.05, 3.63) is 10.0 Å². The van der Waals surface area contributed by atoms with Gasteiger partial charge in [-0.1, -0.05) is 0 Å². The van der Waals surface area contributed by atoms with Gasteiger partial charge in [-0.25, -0.2) is 4.79 Å². The van der Waals surface area contributed by atoms with E-state index in [1.165, 1.54) is 0 Å². The van der Waals surface area contributed by atoms with Crippen LogP contribution < -0.4 is 10.6 Å². The van der Waals surface area contributed by atoms with Gasteiger partial charge in [0.25, 0.3) is 5.91 Å². The van der Waals surface area contributed by atoms with E-state index < -0.39 is 23.9 Å². The Morgan fingerprint density at radius 1 is 1.35 bits per heavy atom. The van der Waals surface area contributed by atoms with E-state index in [-0.39, 0.29) is 12.8 Å². The van der Waals surface area contributed by atoms with Gasteiger partial charge in [-0.2, -0.15) is 0 Å². The molecule has 1 fully saturated rings. The number of hydrogen-bond acceptors (Lipinski definition) is 6. The molecule has 2 rings (SSSR count). The second-order valence-corrected chi connectivity index (χ2v) is 4.53. The van der Waals surface area contributed by atoms with Gasteiger partial charge in [-0.05, 0) is 0 Å². The van der Waals surface area contributed by atoms with Crippen molar-refractivity contribution in [2.45, 2.75) is 18.9 Å². The van der Waals surface area contributed by atoms with Gasteiger partial charge < -0.3 is 10.4 Å². The number of amides is 3. The molecule has 0 unspecified atom stereocenters. The zero-order chi connectivity index (χ0) is 12.4. The summed E-state index contributed by atoms with van der Waals surface area (Å²) in [6, 6.07) is -1.19. The number of hydrogen-bond donors (Lipinski definition) is 3. The summed E-state index contributed by atoms with van der Waals surface area (Å²) in [4.78, 5) is 32.5. The molecule has 1 aliphatic heterocycles. The third kappa shape index (κ3) is 2.75. The molecule has 1 aliphatic rings. The van der Waals surface area contributed by atoms with Gasteiger partial charge in [0.2, 0.25) is 0 Å². The van der Waals surface area contributed by atoms with Crippen molar-refractivity contribution >= 4 is 29.2 Å². The summed E-state index contributed by atoms with van der Waals surface area (Å²) >= 11 is 1.12. The highest BCUT2D eigenvalue weighted by Gasteiger charge is 2.30. The molecule has 0 bridgehead atoms. The molecule has 1 atom stereocenters. The number of carbonyl (C=O) groups is 3. The fraction of sp³-hybridized carbons (Fsp3) is 0.375. The molecule has 90 valence electrons. The summed E-state index contributed by atoms with van der Waals surface area (Å²) in [5.74, 6) is -1.40. The summed E-state index contributed by atoms with van der Waals surface area (Å²) in [6.07, 6.45) is 0.0236. The Bertz CT molecular complexity index is 486. The van der Waals surface area contributed by atoms with E-state index in [2.05, 4.69) is 20.8 Å². The van der Waals surface area contributed by atoms with Crippen LogP contribution in [0.4, 0.5) is 4.79 Å². The van der Waals surface area contributed by atoms with Crippen molar-refractivity contribution in [1.29, 1.82) is 0 Å². The molecule has 1 aromatic rings. The summed E-state index contributed by atoms with van der Waals surface area (Å²) in [6.45, 7) is 0. The van der Waals surface area contributed by atoms with Crippen LogP contribution in [-0.2, 0) is 22.4 Å². The second-order valence-electron chi connectivity index (χ2n) is 3.38. The lowest BCUT2D eigenvalue weighted by molar-refractivity contribution is -0.136. The summed E-state index contributed by atoms with van der Waals surface area (Å²) in [7, 11) is 0. The monoisotopic (exact) mass is 256 g/mol. The van der Waals surface area contributed by atoms with Crippen LogP contribution in [0.1, 0.15) is 10.0 Å².